The largest absolute Gasteiger partial charge is 0.493 e. The Morgan fingerprint density at radius 2 is 1.93 bits per heavy atom. The van der Waals surface area contributed by atoms with Crippen LogP contribution in [0.5, 0.6) is 5.75 Å². The molecule has 30 heavy (non-hydrogen) atoms. The Morgan fingerprint density at radius 3 is 2.73 bits per heavy atom. The summed E-state index contributed by atoms with van der Waals surface area (Å²) in [6.07, 6.45) is 4.77. The zero-order valence-electron chi connectivity index (χ0n) is 17.5. The van der Waals surface area contributed by atoms with Gasteiger partial charge in [0, 0.05) is 57.2 Å². The summed E-state index contributed by atoms with van der Waals surface area (Å²) in [5.74, 6) is 1.50. The summed E-state index contributed by atoms with van der Waals surface area (Å²) >= 11 is 0. The third-order valence-corrected chi connectivity index (χ3v) is 4.42. The quantitative estimate of drug-likeness (QED) is 0.306. The van der Waals surface area contributed by atoms with Gasteiger partial charge in [0.1, 0.15) is 5.75 Å². The lowest BCUT2D eigenvalue weighted by Crippen LogP contribution is -2.30. The fourth-order valence-corrected chi connectivity index (χ4v) is 2.91. The highest BCUT2D eigenvalue weighted by molar-refractivity contribution is 5.93. The van der Waals surface area contributed by atoms with Crippen LogP contribution in [0.25, 0.3) is 0 Å². The molecule has 2 aromatic carbocycles. The predicted molar refractivity (Wildman–Crippen MR) is 120 cm³/mol. The molecule has 0 aliphatic heterocycles. The Balaban J connectivity index is 1.49. The maximum absolute atomic E-state index is 5.75. The standard InChI is InChI=1S/C23H29N5O2/c1-24-23(27-21-10-6-11-22(14-21)30-13-7-12-29-2)25-15-20-16-26-28(18-20)17-19-8-4-3-5-9-19/h3-6,8-11,14,16,18H,7,12-13,15,17H2,1-2H3,(H2,24,25,27). The fraction of sp³-hybridized carbons (Fsp3) is 0.304. The zero-order valence-corrected chi connectivity index (χ0v) is 17.5. The molecule has 0 radical (unpaired) electrons. The molecule has 3 aromatic rings. The lowest BCUT2D eigenvalue weighted by Gasteiger charge is -2.12. The van der Waals surface area contributed by atoms with Gasteiger partial charge >= 0.3 is 0 Å². The Kier molecular flexibility index (Phi) is 8.29. The van der Waals surface area contributed by atoms with Crippen LogP contribution in [0, 0.1) is 0 Å². The van der Waals surface area contributed by atoms with Gasteiger partial charge in [-0.2, -0.15) is 5.10 Å². The molecule has 0 bridgehead atoms. The minimum absolute atomic E-state index is 0.622. The normalized spacial score (nSPS) is 11.3. The van der Waals surface area contributed by atoms with Gasteiger partial charge < -0.3 is 20.1 Å². The summed E-state index contributed by atoms with van der Waals surface area (Å²) in [4.78, 5) is 4.30. The Morgan fingerprint density at radius 1 is 1.07 bits per heavy atom. The number of anilines is 1. The van der Waals surface area contributed by atoms with Crippen molar-refractivity contribution in [1.29, 1.82) is 0 Å². The lowest BCUT2D eigenvalue weighted by atomic mass is 10.2. The summed E-state index contributed by atoms with van der Waals surface area (Å²) < 4.78 is 12.7. The molecule has 158 valence electrons. The van der Waals surface area contributed by atoms with Crippen molar-refractivity contribution in [2.45, 2.75) is 19.5 Å². The van der Waals surface area contributed by atoms with E-state index >= 15 is 0 Å². The van der Waals surface area contributed by atoms with Crippen molar-refractivity contribution in [2.75, 3.05) is 32.7 Å². The Bertz CT molecular complexity index is 924. The zero-order chi connectivity index (χ0) is 21.0. The lowest BCUT2D eigenvalue weighted by molar-refractivity contribution is 0.172. The molecule has 0 saturated carbocycles. The number of nitrogens with zero attached hydrogens (tertiary/aromatic N) is 3. The number of rotatable bonds is 10. The van der Waals surface area contributed by atoms with Gasteiger partial charge in [0.15, 0.2) is 5.96 Å². The van der Waals surface area contributed by atoms with Crippen LogP contribution < -0.4 is 15.4 Å². The number of methoxy groups -OCH3 is 1. The number of nitrogens with one attached hydrogen (secondary N) is 2. The van der Waals surface area contributed by atoms with Crippen molar-refractivity contribution in [1.82, 2.24) is 15.1 Å². The van der Waals surface area contributed by atoms with Crippen LogP contribution in [0.15, 0.2) is 72.0 Å². The fourth-order valence-electron chi connectivity index (χ4n) is 2.91. The summed E-state index contributed by atoms with van der Waals surface area (Å²) in [5.41, 5.74) is 3.22. The molecule has 0 amide bonds. The van der Waals surface area contributed by atoms with E-state index in [1.165, 1.54) is 5.56 Å². The minimum atomic E-state index is 0.622. The number of aromatic nitrogens is 2. The molecule has 0 aliphatic carbocycles. The highest BCUT2D eigenvalue weighted by Gasteiger charge is 2.04. The van der Waals surface area contributed by atoms with Crippen LogP contribution in [-0.4, -0.2) is 43.1 Å². The third kappa shape index (κ3) is 6.93. The second-order valence-corrected chi connectivity index (χ2v) is 6.81. The summed E-state index contributed by atoms with van der Waals surface area (Å²) in [6, 6.07) is 18.1. The third-order valence-electron chi connectivity index (χ3n) is 4.42. The maximum Gasteiger partial charge on any atom is 0.195 e. The molecule has 0 unspecified atom stereocenters. The maximum atomic E-state index is 5.75. The van der Waals surface area contributed by atoms with E-state index in [0.29, 0.717) is 25.7 Å². The van der Waals surface area contributed by atoms with Gasteiger partial charge in [-0.05, 0) is 17.7 Å². The first-order chi connectivity index (χ1) is 14.8. The number of guanidine groups is 1. The van der Waals surface area contributed by atoms with Crippen LogP contribution >= 0.6 is 0 Å². The number of ether oxygens (including phenoxy) is 2. The minimum Gasteiger partial charge on any atom is -0.493 e. The van der Waals surface area contributed by atoms with Crippen molar-refractivity contribution in [2.24, 2.45) is 4.99 Å². The molecule has 0 fully saturated rings. The van der Waals surface area contributed by atoms with Gasteiger partial charge in [-0.15, -0.1) is 0 Å². The van der Waals surface area contributed by atoms with E-state index in [-0.39, 0.29) is 0 Å². The molecule has 7 heteroatoms. The number of benzene rings is 2. The van der Waals surface area contributed by atoms with Crippen LogP contribution in [0.3, 0.4) is 0 Å². The Hall–Kier alpha value is -3.32. The molecule has 0 spiro atoms. The highest BCUT2D eigenvalue weighted by atomic mass is 16.5. The number of hydrogen-bond acceptors (Lipinski definition) is 4. The average Bonchev–Trinajstić information content (AvgIpc) is 3.22. The predicted octanol–water partition coefficient (Wildman–Crippen LogP) is 3.53. The number of hydrogen-bond donors (Lipinski definition) is 2. The molecular weight excluding hydrogens is 378 g/mol. The molecule has 1 aromatic heterocycles. The molecule has 0 saturated heterocycles. The molecule has 3 rings (SSSR count). The van der Waals surface area contributed by atoms with Gasteiger partial charge in [-0.1, -0.05) is 36.4 Å². The smallest absolute Gasteiger partial charge is 0.195 e. The summed E-state index contributed by atoms with van der Waals surface area (Å²) in [6.45, 7) is 2.69. The van der Waals surface area contributed by atoms with Crippen LogP contribution in [-0.2, 0) is 17.8 Å². The van der Waals surface area contributed by atoms with Gasteiger partial charge in [0.25, 0.3) is 0 Å². The van der Waals surface area contributed by atoms with E-state index in [1.807, 2.05) is 59.5 Å². The molecule has 7 nitrogen and oxygen atoms in total. The van der Waals surface area contributed by atoms with E-state index < -0.39 is 0 Å². The molecule has 0 aliphatic rings. The highest BCUT2D eigenvalue weighted by Crippen LogP contribution is 2.17. The topological polar surface area (TPSA) is 72.7 Å². The van der Waals surface area contributed by atoms with Crippen molar-refractivity contribution in [3.05, 3.63) is 78.1 Å². The summed E-state index contributed by atoms with van der Waals surface area (Å²) in [7, 11) is 3.44. The van der Waals surface area contributed by atoms with E-state index in [4.69, 9.17) is 9.47 Å². The van der Waals surface area contributed by atoms with Crippen LogP contribution in [0.4, 0.5) is 5.69 Å². The van der Waals surface area contributed by atoms with Gasteiger partial charge in [-0.3, -0.25) is 9.67 Å². The van der Waals surface area contributed by atoms with E-state index in [2.05, 4.69) is 32.9 Å². The van der Waals surface area contributed by atoms with Gasteiger partial charge in [0.2, 0.25) is 0 Å². The first-order valence-corrected chi connectivity index (χ1v) is 10.0. The molecule has 2 N–H and O–H groups in total. The van der Waals surface area contributed by atoms with E-state index in [1.54, 1.807) is 14.2 Å². The van der Waals surface area contributed by atoms with E-state index in [9.17, 15) is 0 Å². The molecule has 0 atom stereocenters. The monoisotopic (exact) mass is 407 g/mol. The van der Waals surface area contributed by atoms with Gasteiger partial charge in [0.05, 0.1) is 19.3 Å². The van der Waals surface area contributed by atoms with Crippen LogP contribution in [0.2, 0.25) is 0 Å². The average molecular weight is 408 g/mol. The van der Waals surface area contributed by atoms with Crippen molar-refractivity contribution < 1.29 is 9.47 Å². The van der Waals surface area contributed by atoms with Crippen molar-refractivity contribution in [3.63, 3.8) is 0 Å². The molecular formula is C23H29N5O2. The van der Waals surface area contributed by atoms with Gasteiger partial charge in [-0.25, -0.2) is 0 Å². The van der Waals surface area contributed by atoms with Crippen LogP contribution in [0.1, 0.15) is 17.5 Å². The van der Waals surface area contributed by atoms with Crippen molar-refractivity contribution in [3.8, 4) is 5.75 Å². The molecule has 1 heterocycles. The summed E-state index contributed by atoms with van der Waals surface area (Å²) in [5, 5.41) is 11.1. The second-order valence-electron chi connectivity index (χ2n) is 6.81. The SMILES string of the molecule is CN=C(NCc1cnn(Cc2ccccc2)c1)Nc1cccc(OCCCOC)c1. The number of aliphatic imine (C=N–C) groups is 1. The Labute approximate surface area is 177 Å². The first kappa shape index (κ1) is 21.4. The first-order valence-electron chi connectivity index (χ1n) is 10.0. The second kappa shape index (κ2) is 11.6. The van der Waals surface area contributed by atoms with E-state index in [0.717, 1.165) is 30.0 Å². The van der Waals surface area contributed by atoms with Crippen molar-refractivity contribution >= 4 is 11.6 Å².